The van der Waals surface area contributed by atoms with Gasteiger partial charge in [0.1, 0.15) is 5.02 Å². The summed E-state index contributed by atoms with van der Waals surface area (Å²) in [5, 5.41) is 0.287. The number of carbonyl (C=O) groups is 2. The van der Waals surface area contributed by atoms with E-state index in [0.29, 0.717) is 5.56 Å². The summed E-state index contributed by atoms with van der Waals surface area (Å²) in [6.45, 7) is 1.37. The van der Waals surface area contributed by atoms with E-state index in [4.69, 9.17) is 39.5 Å². The molecule has 0 aliphatic heterocycles. The highest BCUT2D eigenvalue weighted by Crippen LogP contribution is 2.30. The second-order valence-electron chi connectivity index (χ2n) is 4.65. The van der Waals surface area contributed by atoms with Crippen LogP contribution < -0.4 is 15.6 Å². The van der Waals surface area contributed by atoms with E-state index < -0.39 is 18.4 Å². The summed E-state index contributed by atoms with van der Waals surface area (Å²) >= 11 is 17.4. The van der Waals surface area contributed by atoms with E-state index in [1.54, 1.807) is 25.1 Å². The standard InChI is InChI=1S/C15H12Cl3N3O3/c1-8-4-2-3-5-9(8)14(23)21-20-12(22)7-24-15-11(17)6-10(16)13(18)19-15/h2-6H,7H2,1H3,(H,20,22)(H,21,23). The minimum absolute atomic E-state index is 0.00401. The third kappa shape index (κ3) is 4.74. The highest BCUT2D eigenvalue weighted by Gasteiger charge is 2.12. The fraction of sp³-hybridized carbons (Fsp3) is 0.133. The molecular weight excluding hydrogens is 377 g/mol. The summed E-state index contributed by atoms with van der Waals surface area (Å²) in [5.41, 5.74) is 5.76. The molecule has 2 amide bonds. The normalized spacial score (nSPS) is 10.2. The topological polar surface area (TPSA) is 80.3 Å². The predicted octanol–water partition coefficient (Wildman–Crippen LogP) is 3.19. The fourth-order valence-corrected chi connectivity index (χ4v) is 2.27. The number of nitrogens with zero attached hydrogens (tertiary/aromatic N) is 1. The molecule has 1 aromatic heterocycles. The van der Waals surface area contributed by atoms with Gasteiger partial charge in [-0.25, -0.2) is 0 Å². The lowest BCUT2D eigenvalue weighted by Gasteiger charge is -2.10. The van der Waals surface area contributed by atoms with Crippen LogP contribution in [0.1, 0.15) is 15.9 Å². The summed E-state index contributed by atoms with van der Waals surface area (Å²) in [6, 6.07) is 8.33. The van der Waals surface area contributed by atoms with E-state index in [0.717, 1.165) is 5.56 Å². The number of rotatable bonds is 4. The Balaban J connectivity index is 1.87. The maximum atomic E-state index is 11.9. The van der Waals surface area contributed by atoms with Crippen molar-refractivity contribution in [3.8, 4) is 5.88 Å². The van der Waals surface area contributed by atoms with Gasteiger partial charge < -0.3 is 4.74 Å². The van der Waals surface area contributed by atoms with Gasteiger partial charge in [0.15, 0.2) is 11.8 Å². The second kappa shape index (κ2) is 8.19. The third-order valence-electron chi connectivity index (χ3n) is 2.90. The molecule has 6 nitrogen and oxygen atoms in total. The van der Waals surface area contributed by atoms with Crippen molar-refractivity contribution in [2.45, 2.75) is 6.92 Å². The van der Waals surface area contributed by atoms with Crippen molar-refractivity contribution < 1.29 is 14.3 Å². The van der Waals surface area contributed by atoms with Gasteiger partial charge in [-0.3, -0.25) is 20.4 Å². The first-order chi connectivity index (χ1) is 11.4. The van der Waals surface area contributed by atoms with Gasteiger partial charge in [-0.1, -0.05) is 53.0 Å². The van der Waals surface area contributed by atoms with Gasteiger partial charge in [0.2, 0.25) is 5.88 Å². The van der Waals surface area contributed by atoms with Gasteiger partial charge in [0.25, 0.3) is 11.8 Å². The van der Waals surface area contributed by atoms with Gasteiger partial charge in [-0.15, -0.1) is 0 Å². The minimum Gasteiger partial charge on any atom is -0.466 e. The van der Waals surface area contributed by atoms with Crippen LogP contribution in [0.3, 0.4) is 0 Å². The molecule has 2 aromatic rings. The average molecular weight is 389 g/mol. The number of amides is 2. The molecule has 126 valence electrons. The average Bonchev–Trinajstić information content (AvgIpc) is 2.55. The highest BCUT2D eigenvalue weighted by molar-refractivity contribution is 6.42. The van der Waals surface area contributed by atoms with E-state index in [1.165, 1.54) is 6.07 Å². The Morgan fingerprint density at radius 3 is 2.54 bits per heavy atom. The number of benzene rings is 1. The summed E-state index contributed by atoms with van der Waals surface area (Å²) in [5.74, 6) is -1.07. The summed E-state index contributed by atoms with van der Waals surface area (Å²) in [6.07, 6.45) is 0. The number of ether oxygens (including phenoxy) is 1. The molecule has 2 N–H and O–H groups in total. The number of aromatic nitrogens is 1. The molecule has 2 rings (SSSR count). The quantitative estimate of drug-likeness (QED) is 0.623. The number of hydrazine groups is 1. The summed E-state index contributed by atoms with van der Waals surface area (Å²) < 4.78 is 5.15. The van der Waals surface area contributed by atoms with E-state index in [2.05, 4.69) is 15.8 Å². The molecule has 0 saturated carbocycles. The molecule has 0 unspecified atom stereocenters. The molecule has 0 atom stereocenters. The van der Waals surface area contributed by atoms with E-state index >= 15 is 0 Å². The van der Waals surface area contributed by atoms with Crippen LogP contribution in [0.4, 0.5) is 0 Å². The minimum atomic E-state index is -0.596. The van der Waals surface area contributed by atoms with Crippen LogP contribution in [-0.2, 0) is 4.79 Å². The molecule has 0 bridgehead atoms. The van der Waals surface area contributed by atoms with Gasteiger partial charge in [-0.2, -0.15) is 4.98 Å². The smallest absolute Gasteiger partial charge is 0.276 e. The van der Waals surface area contributed by atoms with Crippen molar-refractivity contribution in [1.82, 2.24) is 15.8 Å². The van der Waals surface area contributed by atoms with Crippen molar-refractivity contribution in [1.29, 1.82) is 0 Å². The number of nitrogens with one attached hydrogen (secondary N) is 2. The van der Waals surface area contributed by atoms with Crippen LogP contribution >= 0.6 is 34.8 Å². The van der Waals surface area contributed by atoms with Gasteiger partial charge in [-0.05, 0) is 24.6 Å². The Hall–Kier alpha value is -2.02. The Morgan fingerprint density at radius 2 is 1.83 bits per heavy atom. The fourth-order valence-electron chi connectivity index (χ4n) is 1.72. The molecule has 24 heavy (non-hydrogen) atoms. The lowest BCUT2D eigenvalue weighted by molar-refractivity contribution is -0.123. The van der Waals surface area contributed by atoms with Crippen LogP contribution in [0.25, 0.3) is 0 Å². The molecule has 0 saturated heterocycles. The molecule has 0 fully saturated rings. The molecule has 1 heterocycles. The number of pyridine rings is 1. The zero-order valence-electron chi connectivity index (χ0n) is 12.4. The SMILES string of the molecule is Cc1ccccc1C(=O)NNC(=O)COc1nc(Cl)c(Cl)cc1Cl. The number of hydrogen-bond donors (Lipinski definition) is 2. The first-order valence-corrected chi connectivity index (χ1v) is 7.81. The predicted molar refractivity (Wildman–Crippen MR) is 91.5 cm³/mol. The number of hydrogen-bond acceptors (Lipinski definition) is 4. The number of halogens is 3. The van der Waals surface area contributed by atoms with Crippen molar-refractivity contribution in [3.05, 3.63) is 56.7 Å². The van der Waals surface area contributed by atoms with Gasteiger partial charge in [0.05, 0.1) is 5.02 Å². The largest absolute Gasteiger partial charge is 0.466 e. The zero-order valence-corrected chi connectivity index (χ0v) is 14.7. The first-order valence-electron chi connectivity index (χ1n) is 6.67. The first kappa shape index (κ1) is 18.3. The molecular formula is C15H12Cl3N3O3. The Morgan fingerprint density at radius 1 is 1.12 bits per heavy atom. The van der Waals surface area contributed by atoms with E-state index in [1.807, 2.05) is 6.07 Å². The Kier molecular flexibility index (Phi) is 6.25. The zero-order chi connectivity index (χ0) is 17.7. The molecule has 0 aliphatic rings. The molecule has 1 aromatic carbocycles. The number of carbonyl (C=O) groups excluding carboxylic acids is 2. The maximum absolute atomic E-state index is 11.9. The second-order valence-corrected chi connectivity index (χ2v) is 5.83. The maximum Gasteiger partial charge on any atom is 0.276 e. The van der Waals surface area contributed by atoms with Crippen molar-refractivity contribution in [3.63, 3.8) is 0 Å². The molecule has 9 heteroatoms. The van der Waals surface area contributed by atoms with Crippen LogP contribution in [0.2, 0.25) is 15.2 Å². The van der Waals surface area contributed by atoms with Crippen molar-refractivity contribution in [2.75, 3.05) is 6.61 Å². The molecule has 0 spiro atoms. The Bertz CT molecular complexity index is 784. The van der Waals surface area contributed by atoms with Gasteiger partial charge >= 0.3 is 0 Å². The highest BCUT2D eigenvalue weighted by atomic mass is 35.5. The number of aryl methyl sites for hydroxylation is 1. The van der Waals surface area contributed by atoms with E-state index in [-0.39, 0.29) is 21.1 Å². The van der Waals surface area contributed by atoms with Crippen molar-refractivity contribution >= 4 is 46.6 Å². The van der Waals surface area contributed by atoms with Crippen LogP contribution in [0.15, 0.2) is 30.3 Å². The lowest BCUT2D eigenvalue weighted by atomic mass is 10.1. The summed E-state index contributed by atoms with van der Waals surface area (Å²) in [7, 11) is 0. The lowest BCUT2D eigenvalue weighted by Crippen LogP contribution is -2.44. The van der Waals surface area contributed by atoms with Crippen molar-refractivity contribution in [2.24, 2.45) is 0 Å². The van der Waals surface area contributed by atoms with Crippen LogP contribution in [-0.4, -0.2) is 23.4 Å². The molecule has 0 radical (unpaired) electrons. The van der Waals surface area contributed by atoms with E-state index in [9.17, 15) is 9.59 Å². The van der Waals surface area contributed by atoms with Crippen LogP contribution in [0, 0.1) is 6.92 Å². The van der Waals surface area contributed by atoms with Gasteiger partial charge in [0, 0.05) is 5.56 Å². The Labute approximate surface area is 153 Å². The third-order valence-corrected chi connectivity index (χ3v) is 3.84. The van der Waals surface area contributed by atoms with Crippen LogP contribution in [0.5, 0.6) is 5.88 Å². The molecule has 0 aliphatic carbocycles. The summed E-state index contributed by atoms with van der Waals surface area (Å²) in [4.78, 5) is 27.5. The monoisotopic (exact) mass is 387 g/mol.